The molecule has 0 fully saturated rings. The van der Waals surface area contributed by atoms with Gasteiger partial charge in [0, 0.05) is 20.4 Å². The van der Waals surface area contributed by atoms with Crippen LogP contribution in [0.15, 0.2) is 29.6 Å². The summed E-state index contributed by atoms with van der Waals surface area (Å²) in [5.41, 5.74) is 0.844. The maximum atomic E-state index is 5.11. The van der Waals surface area contributed by atoms with E-state index in [1.54, 1.807) is 26.0 Å². The van der Waals surface area contributed by atoms with Gasteiger partial charge in [-0.05, 0) is 12.1 Å². The minimum absolute atomic E-state index is 0.221. The molecule has 0 atom stereocenters. The van der Waals surface area contributed by atoms with Crippen LogP contribution in [0, 0.1) is 0 Å². The molecule has 2 heterocycles. The smallest absolute Gasteiger partial charge is 0.195 e. The first kappa shape index (κ1) is 11.4. The van der Waals surface area contributed by atoms with Gasteiger partial charge in [-0.25, -0.2) is 0 Å². The van der Waals surface area contributed by atoms with Crippen LogP contribution in [0.5, 0.6) is 0 Å². The largest absolute Gasteiger partial charge is 0.355 e. The van der Waals surface area contributed by atoms with Gasteiger partial charge in [-0.3, -0.25) is 4.40 Å². The molecule has 0 aliphatic carbocycles. The maximum Gasteiger partial charge on any atom is 0.195 e. The molecule has 0 aromatic carbocycles. The Morgan fingerprint density at radius 1 is 1.31 bits per heavy atom. The molecule has 2 aromatic rings. The predicted octanol–water partition coefficient (Wildman–Crippen LogP) is 1.44. The molecule has 16 heavy (non-hydrogen) atoms. The Kier molecular flexibility index (Phi) is 3.76. The van der Waals surface area contributed by atoms with E-state index in [0.717, 1.165) is 10.8 Å². The summed E-state index contributed by atoms with van der Waals surface area (Å²) >= 11 is 1.55. The highest BCUT2D eigenvalue weighted by molar-refractivity contribution is 7.99. The molecule has 0 unspecified atom stereocenters. The number of fused-ring (bicyclic) bond motifs is 1. The fraction of sp³-hybridized carbons (Fsp3) is 0.400. The van der Waals surface area contributed by atoms with Crippen LogP contribution in [-0.4, -0.2) is 40.9 Å². The Morgan fingerprint density at radius 3 is 2.88 bits per heavy atom. The van der Waals surface area contributed by atoms with Crippen molar-refractivity contribution in [3.05, 3.63) is 24.4 Å². The molecule has 0 aliphatic rings. The fourth-order valence-corrected chi connectivity index (χ4v) is 2.24. The van der Waals surface area contributed by atoms with Gasteiger partial charge in [0.05, 0.1) is 5.75 Å². The van der Waals surface area contributed by atoms with E-state index in [1.165, 1.54) is 0 Å². The van der Waals surface area contributed by atoms with Gasteiger partial charge in [0.2, 0.25) is 0 Å². The summed E-state index contributed by atoms with van der Waals surface area (Å²) in [6, 6.07) is 5.80. The molecule has 0 spiro atoms. The van der Waals surface area contributed by atoms with Crippen LogP contribution < -0.4 is 0 Å². The van der Waals surface area contributed by atoms with Gasteiger partial charge in [-0.15, -0.1) is 10.2 Å². The van der Waals surface area contributed by atoms with Gasteiger partial charge in [0.1, 0.15) is 0 Å². The van der Waals surface area contributed by atoms with E-state index < -0.39 is 0 Å². The van der Waals surface area contributed by atoms with Gasteiger partial charge < -0.3 is 9.47 Å². The highest BCUT2D eigenvalue weighted by Crippen LogP contribution is 2.18. The van der Waals surface area contributed by atoms with E-state index in [-0.39, 0.29) is 6.29 Å². The summed E-state index contributed by atoms with van der Waals surface area (Å²) in [7, 11) is 3.24. The number of pyridine rings is 1. The van der Waals surface area contributed by atoms with Crippen LogP contribution in [0.1, 0.15) is 0 Å². The quantitative estimate of drug-likeness (QED) is 0.583. The van der Waals surface area contributed by atoms with Crippen LogP contribution in [0.2, 0.25) is 0 Å². The lowest BCUT2D eigenvalue weighted by Crippen LogP contribution is -2.15. The van der Waals surface area contributed by atoms with E-state index in [4.69, 9.17) is 9.47 Å². The van der Waals surface area contributed by atoms with Gasteiger partial charge in [-0.2, -0.15) is 0 Å². The number of aromatic nitrogens is 3. The molecule has 0 radical (unpaired) electrons. The molecular formula is C10H13N3O2S. The standard InChI is InChI=1S/C10H13N3O2S/c1-14-9(15-2)7-16-10-12-11-8-5-3-4-6-13(8)10/h3-6,9H,7H2,1-2H3. The minimum atomic E-state index is -0.221. The number of rotatable bonds is 5. The number of thioether (sulfide) groups is 1. The van der Waals surface area contributed by atoms with Crippen molar-refractivity contribution in [1.82, 2.24) is 14.6 Å². The molecule has 2 rings (SSSR count). The van der Waals surface area contributed by atoms with Crippen molar-refractivity contribution < 1.29 is 9.47 Å². The van der Waals surface area contributed by atoms with Crippen molar-refractivity contribution in [2.75, 3.05) is 20.0 Å². The van der Waals surface area contributed by atoms with E-state index in [1.807, 2.05) is 28.8 Å². The third-order valence-corrected chi connectivity index (χ3v) is 3.13. The first-order valence-corrected chi connectivity index (χ1v) is 5.82. The lowest BCUT2D eigenvalue weighted by molar-refractivity contribution is -0.0842. The van der Waals surface area contributed by atoms with Gasteiger partial charge in [0.15, 0.2) is 17.1 Å². The Labute approximate surface area is 97.8 Å². The van der Waals surface area contributed by atoms with Gasteiger partial charge in [-0.1, -0.05) is 17.8 Å². The Morgan fingerprint density at radius 2 is 2.12 bits per heavy atom. The van der Waals surface area contributed by atoms with Crippen molar-refractivity contribution in [2.24, 2.45) is 0 Å². The summed E-state index contributed by atoms with van der Waals surface area (Å²) in [5.74, 6) is 0.683. The van der Waals surface area contributed by atoms with Crippen LogP contribution in [0.4, 0.5) is 0 Å². The van der Waals surface area contributed by atoms with Crippen molar-refractivity contribution in [3.63, 3.8) is 0 Å². The molecule has 2 aromatic heterocycles. The first-order valence-electron chi connectivity index (χ1n) is 4.83. The van der Waals surface area contributed by atoms with E-state index >= 15 is 0 Å². The number of hydrogen-bond acceptors (Lipinski definition) is 5. The van der Waals surface area contributed by atoms with E-state index in [0.29, 0.717) is 5.75 Å². The average Bonchev–Trinajstić information content (AvgIpc) is 2.74. The monoisotopic (exact) mass is 239 g/mol. The second-order valence-corrected chi connectivity index (χ2v) is 4.11. The highest BCUT2D eigenvalue weighted by Gasteiger charge is 2.10. The Bertz CT molecular complexity index is 456. The van der Waals surface area contributed by atoms with Gasteiger partial charge in [0.25, 0.3) is 0 Å². The maximum absolute atomic E-state index is 5.11. The lowest BCUT2D eigenvalue weighted by atomic mass is 10.5. The number of methoxy groups -OCH3 is 2. The zero-order chi connectivity index (χ0) is 11.4. The summed E-state index contributed by atoms with van der Waals surface area (Å²) in [5, 5.41) is 9.00. The summed E-state index contributed by atoms with van der Waals surface area (Å²) in [4.78, 5) is 0. The van der Waals surface area contributed by atoms with E-state index in [2.05, 4.69) is 10.2 Å². The fourth-order valence-electron chi connectivity index (χ4n) is 1.29. The molecule has 86 valence electrons. The number of hydrogen-bond donors (Lipinski definition) is 0. The zero-order valence-electron chi connectivity index (χ0n) is 9.16. The summed E-state index contributed by atoms with van der Waals surface area (Å²) < 4.78 is 12.2. The Hall–Kier alpha value is -1.11. The van der Waals surface area contributed by atoms with Crippen LogP contribution in [0.25, 0.3) is 5.65 Å². The van der Waals surface area contributed by atoms with E-state index in [9.17, 15) is 0 Å². The zero-order valence-corrected chi connectivity index (χ0v) is 9.98. The molecule has 0 amide bonds. The van der Waals surface area contributed by atoms with Crippen molar-refractivity contribution in [1.29, 1.82) is 0 Å². The minimum Gasteiger partial charge on any atom is -0.355 e. The van der Waals surface area contributed by atoms with Crippen LogP contribution in [0.3, 0.4) is 0 Å². The lowest BCUT2D eigenvalue weighted by Gasteiger charge is -2.11. The molecule has 0 saturated carbocycles. The number of ether oxygens (including phenoxy) is 2. The normalized spacial score (nSPS) is 11.4. The third kappa shape index (κ3) is 2.34. The number of nitrogens with zero attached hydrogens (tertiary/aromatic N) is 3. The van der Waals surface area contributed by atoms with Crippen LogP contribution in [-0.2, 0) is 9.47 Å². The topological polar surface area (TPSA) is 48.7 Å². The molecule has 5 nitrogen and oxygen atoms in total. The summed E-state index contributed by atoms with van der Waals surface area (Å²) in [6.45, 7) is 0. The first-order chi connectivity index (χ1) is 7.85. The van der Waals surface area contributed by atoms with Gasteiger partial charge >= 0.3 is 0 Å². The molecule has 0 aliphatic heterocycles. The van der Waals surface area contributed by atoms with Crippen molar-refractivity contribution in [3.8, 4) is 0 Å². The molecular weight excluding hydrogens is 226 g/mol. The second-order valence-electron chi connectivity index (χ2n) is 3.12. The molecule has 6 heteroatoms. The molecule has 0 bridgehead atoms. The average molecular weight is 239 g/mol. The summed E-state index contributed by atoms with van der Waals surface area (Å²) in [6.07, 6.45) is 1.72. The predicted molar refractivity (Wildman–Crippen MR) is 61.5 cm³/mol. The van der Waals surface area contributed by atoms with Crippen LogP contribution >= 0.6 is 11.8 Å². The van der Waals surface area contributed by atoms with Crippen molar-refractivity contribution in [2.45, 2.75) is 11.4 Å². The Balaban J connectivity index is 2.09. The molecule has 0 N–H and O–H groups in total. The van der Waals surface area contributed by atoms with Crippen molar-refractivity contribution >= 4 is 17.4 Å². The molecule has 0 saturated heterocycles. The highest BCUT2D eigenvalue weighted by atomic mass is 32.2. The SMILES string of the molecule is COC(CSc1nnc2ccccn12)OC. The second kappa shape index (κ2) is 5.29. The third-order valence-electron chi connectivity index (χ3n) is 2.16.